The van der Waals surface area contributed by atoms with Crippen LogP contribution in [0.2, 0.25) is 0 Å². The number of fused-ring (bicyclic) bond motifs is 1. The van der Waals surface area contributed by atoms with Crippen LogP contribution >= 0.6 is 11.3 Å². The van der Waals surface area contributed by atoms with Crippen LogP contribution in [0.5, 0.6) is 5.75 Å². The summed E-state index contributed by atoms with van der Waals surface area (Å²) in [5.74, 6) is 0.420. The number of sulfonamides is 1. The van der Waals surface area contributed by atoms with Gasteiger partial charge in [0.25, 0.3) is 0 Å². The van der Waals surface area contributed by atoms with Gasteiger partial charge in [-0.05, 0) is 60.9 Å². The maximum absolute atomic E-state index is 13.2. The van der Waals surface area contributed by atoms with Crippen LogP contribution in [0.25, 0.3) is 0 Å². The molecule has 0 amide bonds. The second-order valence-electron chi connectivity index (χ2n) is 7.38. The molecule has 0 bridgehead atoms. The van der Waals surface area contributed by atoms with E-state index in [1.165, 1.54) is 17.6 Å². The standard InChI is InChI=1S/C20H26N2O3S2/c1-15-3-4-18(25-2)20(13-15)27(23,24)22-10-5-17(6-11-22)21-9-7-19-16(14-21)8-12-26-19/h3-4,8,12-13,17H,5-7,9-11,14H2,1-2H3. The average molecular weight is 407 g/mol. The number of rotatable bonds is 4. The van der Waals surface area contributed by atoms with Crippen molar-refractivity contribution in [2.45, 2.75) is 43.7 Å². The van der Waals surface area contributed by atoms with Crippen LogP contribution in [0, 0.1) is 6.92 Å². The summed E-state index contributed by atoms with van der Waals surface area (Å²) in [6.07, 6.45) is 2.88. The predicted octanol–water partition coefficient (Wildman–Crippen LogP) is 3.28. The summed E-state index contributed by atoms with van der Waals surface area (Å²) in [4.78, 5) is 4.33. The summed E-state index contributed by atoms with van der Waals surface area (Å²) in [6, 6.07) is 8.02. The first-order valence-electron chi connectivity index (χ1n) is 9.43. The Morgan fingerprint density at radius 2 is 1.93 bits per heavy atom. The van der Waals surface area contributed by atoms with Crippen molar-refractivity contribution in [3.8, 4) is 5.75 Å². The molecule has 2 aliphatic rings. The van der Waals surface area contributed by atoms with Gasteiger partial charge < -0.3 is 4.74 Å². The van der Waals surface area contributed by atoms with E-state index in [0.29, 0.717) is 24.9 Å². The van der Waals surface area contributed by atoms with Crippen molar-refractivity contribution in [3.63, 3.8) is 0 Å². The van der Waals surface area contributed by atoms with E-state index in [-0.39, 0.29) is 4.90 Å². The largest absolute Gasteiger partial charge is 0.495 e. The van der Waals surface area contributed by atoms with Crippen molar-refractivity contribution >= 4 is 21.4 Å². The second kappa shape index (κ2) is 7.54. The third kappa shape index (κ3) is 3.66. The van der Waals surface area contributed by atoms with Crippen molar-refractivity contribution in [3.05, 3.63) is 45.6 Å². The van der Waals surface area contributed by atoms with E-state index < -0.39 is 10.0 Å². The van der Waals surface area contributed by atoms with E-state index >= 15 is 0 Å². The molecule has 0 N–H and O–H groups in total. The Labute approximate surface area is 165 Å². The fourth-order valence-corrected chi connectivity index (χ4v) is 6.75. The first-order valence-corrected chi connectivity index (χ1v) is 11.7. The molecule has 146 valence electrons. The predicted molar refractivity (Wildman–Crippen MR) is 108 cm³/mol. The van der Waals surface area contributed by atoms with E-state index in [1.807, 2.05) is 24.3 Å². The summed E-state index contributed by atoms with van der Waals surface area (Å²) < 4.78 is 33.3. The highest BCUT2D eigenvalue weighted by Crippen LogP contribution is 2.32. The SMILES string of the molecule is COc1ccc(C)cc1S(=O)(=O)N1CCC(N2CCc3sccc3C2)CC1. The van der Waals surface area contributed by atoms with Gasteiger partial charge in [0, 0.05) is 37.1 Å². The van der Waals surface area contributed by atoms with Gasteiger partial charge in [0.05, 0.1) is 7.11 Å². The molecule has 4 rings (SSSR count). The lowest BCUT2D eigenvalue weighted by Crippen LogP contribution is -2.47. The minimum atomic E-state index is -3.53. The van der Waals surface area contributed by atoms with Gasteiger partial charge in [-0.25, -0.2) is 8.42 Å². The van der Waals surface area contributed by atoms with Crippen molar-refractivity contribution in [1.82, 2.24) is 9.21 Å². The number of ether oxygens (including phenoxy) is 1. The number of piperidine rings is 1. The maximum Gasteiger partial charge on any atom is 0.246 e. The van der Waals surface area contributed by atoms with Crippen molar-refractivity contribution in [2.75, 3.05) is 26.7 Å². The molecule has 5 nitrogen and oxygen atoms in total. The normalized spacial score (nSPS) is 19.8. The summed E-state index contributed by atoms with van der Waals surface area (Å²) >= 11 is 1.85. The highest BCUT2D eigenvalue weighted by Gasteiger charge is 2.34. The molecule has 3 heterocycles. The first kappa shape index (κ1) is 18.9. The Balaban J connectivity index is 1.45. The van der Waals surface area contributed by atoms with Crippen LogP contribution in [0.15, 0.2) is 34.5 Å². The monoisotopic (exact) mass is 406 g/mol. The van der Waals surface area contributed by atoms with Crippen molar-refractivity contribution < 1.29 is 13.2 Å². The highest BCUT2D eigenvalue weighted by molar-refractivity contribution is 7.89. The topological polar surface area (TPSA) is 49.9 Å². The Hall–Kier alpha value is -1.41. The number of thiophene rings is 1. The molecule has 0 radical (unpaired) electrons. The lowest BCUT2D eigenvalue weighted by molar-refractivity contribution is 0.127. The van der Waals surface area contributed by atoms with Gasteiger partial charge in [0.2, 0.25) is 10.0 Å². The van der Waals surface area contributed by atoms with Gasteiger partial charge in [-0.3, -0.25) is 4.90 Å². The average Bonchev–Trinajstić information content (AvgIpc) is 3.16. The minimum absolute atomic E-state index is 0.282. The highest BCUT2D eigenvalue weighted by atomic mass is 32.2. The Morgan fingerprint density at radius 1 is 1.15 bits per heavy atom. The Morgan fingerprint density at radius 3 is 2.67 bits per heavy atom. The smallest absolute Gasteiger partial charge is 0.246 e. The number of aryl methyl sites for hydroxylation is 1. The molecule has 27 heavy (non-hydrogen) atoms. The van der Waals surface area contributed by atoms with Gasteiger partial charge in [-0.15, -0.1) is 11.3 Å². The molecule has 0 atom stereocenters. The molecule has 1 aromatic carbocycles. The van der Waals surface area contributed by atoms with Crippen molar-refractivity contribution in [2.24, 2.45) is 0 Å². The van der Waals surface area contributed by atoms with Crippen LogP contribution in [0.3, 0.4) is 0 Å². The number of nitrogens with zero attached hydrogens (tertiary/aromatic N) is 2. The fraction of sp³-hybridized carbons (Fsp3) is 0.500. The van der Waals surface area contributed by atoms with Crippen LogP contribution < -0.4 is 4.74 Å². The molecule has 1 fully saturated rings. The van der Waals surface area contributed by atoms with E-state index in [9.17, 15) is 8.42 Å². The molecule has 1 aromatic heterocycles. The molecule has 0 unspecified atom stereocenters. The summed E-state index contributed by atoms with van der Waals surface area (Å²) in [6.45, 7) is 5.12. The molecular formula is C20H26N2O3S2. The molecule has 2 aliphatic heterocycles. The van der Waals surface area contributed by atoms with Gasteiger partial charge in [-0.1, -0.05) is 6.07 Å². The van der Waals surface area contributed by atoms with Gasteiger partial charge in [0.1, 0.15) is 10.6 Å². The van der Waals surface area contributed by atoms with E-state index in [1.54, 1.807) is 16.4 Å². The lowest BCUT2D eigenvalue weighted by Gasteiger charge is -2.39. The maximum atomic E-state index is 13.2. The Kier molecular flexibility index (Phi) is 5.29. The summed E-state index contributed by atoms with van der Waals surface area (Å²) in [7, 11) is -2.01. The molecule has 2 aromatic rings. The zero-order valence-corrected chi connectivity index (χ0v) is 17.5. The first-order chi connectivity index (χ1) is 13.0. The van der Waals surface area contributed by atoms with Gasteiger partial charge in [-0.2, -0.15) is 4.31 Å². The number of hydrogen-bond acceptors (Lipinski definition) is 5. The number of methoxy groups -OCH3 is 1. The molecule has 0 spiro atoms. The Bertz CT molecular complexity index is 915. The van der Waals surface area contributed by atoms with Crippen LogP contribution in [-0.4, -0.2) is 50.4 Å². The van der Waals surface area contributed by atoms with Crippen LogP contribution in [0.4, 0.5) is 0 Å². The van der Waals surface area contributed by atoms with E-state index in [2.05, 4.69) is 16.3 Å². The fourth-order valence-electron chi connectivity index (χ4n) is 4.15. The van der Waals surface area contributed by atoms with E-state index in [4.69, 9.17) is 4.74 Å². The number of hydrogen-bond donors (Lipinski definition) is 0. The lowest BCUT2D eigenvalue weighted by atomic mass is 10.0. The quantitative estimate of drug-likeness (QED) is 0.782. The van der Waals surface area contributed by atoms with E-state index in [0.717, 1.165) is 37.9 Å². The molecule has 0 saturated carbocycles. The van der Waals surface area contributed by atoms with Gasteiger partial charge >= 0.3 is 0 Å². The van der Waals surface area contributed by atoms with Crippen LogP contribution in [0.1, 0.15) is 28.8 Å². The zero-order chi connectivity index (χ0) is 19.0. The van der Waals surface area contributed by atoms with Gasteiger partial charge in [0.15, 0.2) is 0 Å². The van der Waals surface area contributed by atoms with Crippen molar-refractivity contribution in [1.29, 1.82) is 0 Å². The summed E-state index contributed by atoms with van der Waals surface area (Å²) in [5.41, 5.74) is 2.37. The molecule has 1 saturated heterocycles. The molecule has 7 heteroatoms. The molecule has 0 aliphatic carbocycles. The zero-order valence-electron chi connectivity index (χ0n) is 15.8. The third-order valence-electron chi connectivity index (χ3n) is 5.71. The minimum Gasteiger partial charge on any atom is -0.495 e. The second-order valence-corrected chi connectivity index (χ2v) is 10.3. The van der Waals surface area contributed by atoms with Crippen LogP contribution in [-0.2, 0) is 23.0 Å². The molecular weight excluding hydrogens is 380 g/mol. The number of benzene rings is 1. The third-order valence-corrected chi connectivity index (χ3v) is 8.66. The summed E-state index contributed by atoms with van der Waals surface area (Å²) in [5, 5.41) is 2.18.